The summed E-state index contributed by atoms with van der Waals surface area (Å²) in [5.74, 6) is 2.41. The molecule has 10 heteroatoms. The highest BCUT2D eigenvalue weighted by Gasteiger charge is 2.27. The second-order valence-corrected chi connectivity index (χ2v) is 22.9. The van der Waals surface area contributed by atoms with Gasteiger partial charge in [0.05, 0.1) is 37.8 Å². The predicted molar refractivity (Wildman–Crippen MR) is 386 cm³/mol. The number of benzene rings is 14. The number of hydrogen-bond acceptors (Lipinski definition) is 6. The molecule has 17 aromatic rings. The van der Waals surface area contributed by atoms with E-state index in [1.165, 1.54) is 86.2 Å². The van der Waals surface area contributed by atoms with E-state index in [2.05, 4.69) is 218 Å². The second kappa shape index (κ2) is 24.6. The monoisotopic (exact) mass is 1260 g/mol. The van der Waals surface area contributed by atoms with Crippen LogP contribution in [0.5, 0.6) is 0 Å². The first-order chi connectivity index (χ1) is 41.8. The standard InChI is InChI=1S/C48H29ClN4.C21H14N2.C6H3BrCl2.3CH4/c49-48-40(52(42-14-1-3-28-50-42)38-26-22-34-18-16-30-8-5-10-32-20-24-36(38)46(34)44(30)32)12-7-13-41(48)53(43-15-2-4-29-51-43)39-27-23-35-19-17-31-9-6-11-33-21-25-37(39)47(35)45(31)33;1-2-13-22-19(6-1)23-18-12-10-16-8-7-14-4-3-5-15-9-11-17(18)21(16)20(14)15;7-4-2-1-3-5(8)6(4)9;;;/h1-29H;1-13H,(H,22,23);1-3H;3*1H4. The maximum Gasteiger partial charge on any atom is 0.137 e. The Balaban J connectivity index is 0.000000177. The van der Waals surface area contributed by atoms with E-state index >= 15 is 0 Å². The third-order valence-electron chi connectivity index (χ3n) is 16.1. The number of aromatic nitrogens is 3. The van der Waals surface area contributed by atoms with Gasteiger partial charge >= 0.3 is 0 Å². The van der Waals surface area contributed by atoms with Crippen molar-refractivity contribution >= 4 is 194 Å². The minimum Gasteiger partial charge on any atom is -0.340 e. The average molecular weight is 1270 g/mol. The normalized spacial score (nSPS) is 11.1. The van der Waals surface area contributed by atoms with E-state index in [1.807, 2.05) is 79.1 Å². The summed E-state index contributed by atoms with van der Waals surface area (Å²) in [5.41, 5.74) is 4.73. The van der Waals surface area contributed by atoms with E-state index in [4.69, 9.17) is 44.8 Å². The summed E-state index contributed by atoms with van der Waals surface area (Å²) >= 11 is 22.3. The molecular formula is C78H58BrCl3N6. The number of halogens is 4. The molecule has 0 atom stereocenters. The Morgan fingerprint density at radius 3 is 1.07 bits per heavy atom. The maximum atomic E-state index is 7.76. The van der Waals surface area contributed by atoms with E-state index in [9.17, 15) is 0 Å². The molecule has 3 aromatic heterocycles. The largest absolute Gasteiger partial charge is 0.340 e. The minimum atomic E-state index is 0. The van der Waals surface area contributed by atoms with E-state index < -0.39 is 0 Å². The van der Waals surface area contributed by atoms with E-state index in [0.29, 0.717) is 15.1 Å². The third kappa shape index (κ3) is 10.3. The second-order valence-electron chi connectivity index (χ2n) is 20.9. The summed E-state index contributed by atoms with van der Waals surface area (Å²) in [6.07, 6.45) is 5.47. The molecule has 0 amide bonds. The zero-order chi connectivity index (χ0) is 57.1. The maximum absolute atomic E-state index is 7.76. The van der Waals surface area contributed by atoms with Crippen molar-refractivity contribution in [3.8, 4) is 0 Å². The van der Waals surface area contributed by atoms with Gasteiger partial charge in [-0.15, -0.1) is 0 Å². The molecule has 88 heavy (non-hydrogen) atoms. The van der Waals surface area contributed by atoms with E-state index in [-0.39, 0.29) is 22.3 Å². The SMILES string of the molecule is C.C.C.Clc1c(N(c2ccccn2)c2ccc3ccc4cccc5ccc2c3c45)cccc1N(c1ccccn1)c1ccc2ccc3cccc4ccc1c2c34.Clc1cccc(Br)c1Cl.c1ccc(Nc2ccc3ccc4cccc5ccc2c3c45)nc1. The van der Waals surface area contributed by atoms with Gasteiger partial charge in [-0.25, -0.2) is 15.0 Å². The lowest BCUT2D eigenvalue weighted by Crippen LogP contribution is -2.16. The Morgan fingerprint density at radius 2 is 0.659 bits per heavy atom. The van der Waals surface area contributed by atoms with Crippen LogP contribution in [0.1, 0.15) is 22.3 Å². The summed E-state index contributed by atoms with van der Waals surface area (Å²) in [6.45, 7) is 0. The Labute approximate surface area is 535 Å². The van der Waals surface area contributed by atoms with Crippen LogP contribution in [0.15, 0.2) is 278 Å². The van der Waals surface area contributed by atoms with Crippen molar-refractivity contribution in [2.24, 2.45) is 0 Å². The van der Waals surface area contributed by atoms with Crippen LogP contribution in [-0.4, -0.2) is 15.0 Å². The Morgan fingerprint density at radius 1 is 0.295 bits per heavy atom. The molecule has 6 nitrogen and oxygen atoms in total. The van der Waals surface area contributed by atoms with Crippen LogP contribution in [0.4, 0.5) is 45.9 Å². The van der Waals surface area contributed by atoms with Crippen LogP contribution in [-0.2, 0) is 0 Å². The first-order valence-corrected chi connectivity index (χ1v) is 29.8. The average Bonchev–Trinajstić information content (AvgIpc) is 0.875. The molecular weight excluding hydrogens is 1210 g/mol. The molecule has 0 saturated carbocycles. The number of nitrogens with zero attached hydrogens (tertiary/aromatic N) is 5. The first-order valence-electron chi connectivity index (χ1n) is 27.8. The highest BCUT2D eigenvalue weighted by atomic mass is 79.9. The first kappa shape index (κ1) is 58.8. The number of hydrogen-bond donors (Lipinski definition) is 1. The molecule has 1 N–H and O–H groups in total. The van der Waals surface area contributed by atoms with Gasteiger partial charge in [-0.1, -0.05) is 233 Å². The molecule has 0 fully saturated rings. The Bertz CT molecular complexity index is 5030. The number of rotatable bonds is 8. The van der Waals surface area contributed by atoms with Crippen LogP contribution < -0.4 is 15.1 Å². The van der Waals surface area contributed by atoms with Crippen molar-refractivity contribution in [3.63, 3.8) is 0 Å². The van der Waals surface area contributed by atoms with Crippen LogP contribution in [0.2, 0.25) is 15.1 Å². The highest BCUT2D eigenvalue weighted by Crippen LogP contribution is 2.51. The zero-order valence-electron chi connectivity index (χ0n) is 45.2. The predicted octanol–water partition coefficient (Wildman–Crippen LogP) is 25.3. The summed E-state index contributed by atoms with van der Waals surface area (Å²) in [7, 11) is 0. The Kier molecular flexibility index (Phi) is 16.5. The molecule has 0 radical (unpaired) electrons. The van der Waals surface area contributed by atoms with Gasteiger partial charge in [-0.05, 0) is 176 Å². The molecule has 14 aromatic carbocycles. The molecule has 428 valence electrons. The molecule has 0 aliphatic carbocycles. The molecule has 17 rings (SSSR count). The molecule has 0 spiro atoms. The van der Waals surface area contributed by atoms with E-state index in [0.717, 1.165) is 61.1 Å². The third-order valence-corrected chi connectivity index (χ3v) is 18.1. The van der Waals surface area contributed by atoms with Crippen molar-refractivity contribution in [1.82, 2.24) is 15.0 Å². The van der Waals surface area contributed by atoms with Crippen molar-refractivity contribution in [2.45, 2.75) is 22.3 Å². The molecule has 0 saturated heterocycles. The quantitative estimate of drug-likeness (QED) is 0.121. The van der Waals surface area contributed by atoms with Gasteiger partial charge in [0.25, 0.3) is 0 Å². The fraction of sp³-hybridized carbons (Fsp3) is 0.0385. The van der Waals surface area contributed by atoms with Crippen molar-refractivity contribution in [2.75, 3.05) is 15.1 Å². The van der Waals surface area contributed by atoms with Crippen LogP contribution in [0.3, 0.4) is 0 Å². The van der Waals surface area contributed by atoms with Gasteiger partial charge in [0, 0.05) is 44.9 Å². The van der Waals surface area contributed by atoms with Gasteiger partial charge in [0.1, 0.15) is 17.5 Å². The van der Waals surface area contributed by atoms with Gasteiger partial charge in [0.15, 0.2) is 0 Å². The summed E-state index contributed by atoms with van der Waals surface area (Å²) in [5, 5.41) is 27.5. The van der Waals surface area contributed by atoms with Gasteiger partial charge in [-0.2, -0.15) is 0 Å². The highest BCUT2D eigenvalue weighted by molar-refractivity contribution is 9.10. The molecule has 0 bridgehead atoms. The number of nitrogens with one attached hydrogen (secondary N) is 1. The number of pyridine rings is 3. The smallest absolute Gasteiger partial charge is 0.137 e. The molecule has 0 aliphatic rings. The topological polar surface area (TPSA) is 57.2 Å². The summed E-state index contributed by atoms with van der Waals surface area (Å²) in [6, 6.07) is 88.8. The van der Waals surface area contributed by atoms with Gasteiger partial charge in [0.2, 0.25) is 0 Å². The lowest BCUT2D eigenvalue weighted by molar-refractivity contribution is 1.17. The lowest BCUT2D eigenvalue weighted by atomic mass is 9.93. The summed E-state index contributed by atoms with van der Waals surface area (Å²) in [4.78, 5) is 18.6. The van der Waals surface area contributed by atoms with Crippen molar-refractivity contribution in [1.29, 1.82) is 0 Å². The van der Waals surface area contributed by atoms with Crippen molar-refractivity contribution < 1.29 is 0 Å². The molecule has 0 aliphatic heterocycles. The number of anilines is 8. The fourth-order valence-electron chi connectivity index (χ4n) is 12.3. The van der Waals surface area contributed by atoms with Gasteiger partial charge < -0.3 is 5.32 Å². The molecule has 0 unspecified atom stereocenters. The molecule has 3 heterocycles. The van der Waals surface area contributed by atoms with E-state index in [1.54, 1.807) is 12.3 Å². The van der Waals surface area contributed by atoms with Crippen LogP contribution >= 0.6 is 50.7 Å². The Hall–Kier alpha value is -9.60. The van der Waals surface area contributed by atoms with Crippen molar-refractivity contribution in [3.05, 3.63) is 293 Å². The van der Waals surface area contributed by atoms with Crippen LogP contribution in [0, 0.1) is 0 Å². The zero-order valence-corrected chi connectivity index (χ0v) is 49.1. The summed E-state index contributed by atoms with van der Waals surface area (Å²) < 4.78 is 0.830. The minimum absolute atomic E-state index is 0. The van der Waals surface area contributed by atoms with Gasteiger partial charge in [-0.3, -0.25) is 9.80 Å². The lowest BCUT2D eigenvalue weighted by Gasteiger charge is -2.31. The fourth-order valence-corrected chi connectivity index (χ4v) is 13.4. The van der Waals surface area contributed by atoms with Crippen LogP contribution in [0.25, 0.3) is 97.0 Å².